The van der Waals surface area contributed by atoms with Crippen LogP contribution in [0.2, 0.25) is 0 Å². The molecule has 2 bridgehead atoms. The Morgan fingerprint density at radius 2 is 1.60 bits per heavy atom. The van der Waals surface area contributed by atoms with E-state index in [1.165, 1.54) is 0 Å². The number of pyridine rings is 1. The number of nitrogens with one attached hydrogen (secondary N) is 1. The number of aromatic nitrogens is 1. The van der Waals surface area contributed by atoms with Gasteiger partial charge in [-0.05, 0) is 65.3 Å². The lowest BCUT2D eigenvalue weighted by Crippen LogP contribution is -2.68. The molecule has 0 saturated carbocycles. The van der Waals surface area contributed by atoms with Gasteiger partial charge in [-0.25, -0.2) is 9.69 Å². The molecule has 1 unspecified atom stereocenters. The Morgan fingerprint density at radius 1 is 0.837 bits per heavy atom. The quantitative estimate of drug-likeness (QED) is 0.343. The molecule has 0 spiro atoms. The van der Waals surface area contributed by atoms with E-state index in [-0.39, 0.29) is 30.4 Å². The highest BCUT2D eigenvalue weighted by molar-refractivity contribution is 6.30. The first kappa shape index (κ1) is 27.3. The number of carbonyl (C=O) groups excluding carboxylic acids is 3. The van der Waals surface area contributed by atoms with Crippen LogP contribution in [0.3, 0.4) is 0 Å². The van der Waals surface area contributed by atoms with Crippen molar-refractivity contribution >= 4 is 34.3 Å². The molecule has 1 aromatic heterocycles. The highest BCUT2D eigenvalue weighted by Crippen LogP contribution is 2.40. The molecule has 0 aliphatic carbocycles. The smallest absolute Gasteiger partial charge is 0.312 e. The highest BCUT2D eigenvalue weighted by atomic mass is 16.2. The van der Waals surface area contributed by atoms with Gasteiger partial charge in [-0.3, -0.25) is 19.7 Å². The molecule has 1 N–H and O–H groups in total. The summed E-state index contributed by atoms with van der Waals surface area (Å²) in [7, 11) is 0. The second-order valence-electron chi connectivity index (χ2n) is 12.2. The summed E-state index contributed by atoms with van der Waals surface area (Å²) in [6.07, 6.45) is 1.94. The van der Waals surface area contributed by atoms with Crippen molar-refractivity contribution in [3.8, 4) is 0 Å². The van der Waals surface area contributed by atoms with E-state index in [4.69, 9.17) is 0 Å². The van der Waals surface area contributed by atoms with Crippen LogP contribution >= 0.6 is 0 Å². The van der Waals surface area contributed by atoms with Gasteiger partial charge in [-0.1, -0.05) is 67.6 Å². The fourth-order valence-corrected chi connectivity index (χ4v) is 7.42. The fourth-order valence-electron chi connectivity index (χ4n) is 7.42. The van der Waals surface area contributed by atoms with Crippen molar-refractivity contribution in [2.45, 2.75) is 38.6 Å². The number of imide groups is 2. The Kier molecular flexibility index (Phi) is 6.73. The molecule has 8 heteroatoms. The third kappa shape index (κ3) is 4.66. The number of barbiturate groups is 1. The SMILES string of the molecule is CCc1ccc(N2C(=O)NC(=O)C(Cc3cccc4ccccc34)(CN3C[C@H]4C[C@@H](C3)c3cccc(=O)n3C4)C2=O)cc1. The summed E-state index contributed by atoms with van der Waals surface area (Å²) in [5, 5.41) is 4.57. The van der Waals surface area contributed by atoms with Gasteiger partial charge in [-0.15, -0.1) is 0 Å². The van der Waals surface area contributed by atoms with Gasteiger partial charge in [-0.2, -0.15) is 0 Å². The van der Waals surface area contributed by atoms with E-state index in [1.807, 2.05) is 72.2 Å². The molecule has 4 aromatic rings. The van der Waals surface area contributed by atoms with Crippen LogP contribution in [0.15, 0.2) is 89.7 Å². The minimum atomic E-state index is -1.54. The number of carbonyl (C=O) groups is 3. The third-order valence-corrected chi connectivity index (χ3v) is 9.49. The lowest BCUT2D eigenvalue weighted by Gasteiger charge is -2.47. The van der Waals surface area contributed by atoms with Crippen molar-refractivity contribution in [2.24, 2.45) is 11.3 Å². The molecule has 2 saturated heterocycles. The van der Waals surface area contributed by atoms with Gasteiger partial charge in [0.15, 0.2) is 0 Å². The zero-order valence-electron chi connectivity index (χ0n) is 24.2. The summed E-state index contributed by atoms with van der Waals surface area (Å²) in [4.78, 5) is 58.0. The van der Waals surface area contributed by atoms with Crippen LogP contribution in [0.4, 0.5) is 10.5 Å². The Hall–Kier alpha value is -4.56. The second kappa shape index (κ2) is 10.6. The molecule has 7 rings (SSSR count). The minimum absolute atomic E-state index is 0.0122. The van der Waals surface area contributed by atoms with Gasteiger partial charge in [0.25, 0.3) is 11.5 Å². The number of benzene rings is 3. The number of likely N-dealkylation sites (tertiary alicyclic amines) is 1. The molecular formula is C35H34N4O4. The molecule has 4 amide bonds. The molecule has 3 aliphatic rings. The number of hydrogen-bond donors (Lipinski definition) is 1. The molecule has 4 heterocycles. The second-order valence-corrected chi connectivity index (χ2v) is 12.2. The number of rotatable bonds is 6. The van der Waals surface area contributed by atoms with Crippen LogP contribution in [0, 0.1) is 11.3 Å². The first-order valence-corrected chi connectivity index (χ1v) is 15.0. The molecule has 8 nitrogen and oxygen atoms in total. The maximum atomic E-state index is 14.7. The molecule has 3 aromatic carbocycles. The summed E-state index contributed by atoms with van der Waals surface area (Å²) >= 11 is 0. The van der Waals surface area contributed by atoms with Gasteiger partial charge in [0.05, 0.1) is 5.69 Å². The number of nitrogens with zero attached hydrogens (tertiary/aromatic N) is 3. The number of fused-ring (bicyclic) bond motifs is 5. The maximum Gasteiger partial charge on any atom is 0.335 e. The topological polar surface area (TPSA) is 91.7 Å². The molecule has 2 fully saturated rings. The Morgan fingerprint density at radius 3 is 2.42 bits per heavy atom. The molecule has 3 aliphatic heterocycles. The van der Waals surface area contributed by atoms with E-state index in [1.54, 1.807) is 24.3 Å². The monoisotopic (exact) mass is 574 g/mol. The summed E-state index contributed by atoms with van der Waals surface area (Å²) in [5.41, 5.74) is 1.89. The molecule has 3 atom stereocenters. The number of amides is 4. The van der Waals surface area contributed by atoms with Crippen molar-refractivity contribution in [3.05, 3.63) is 112 Å². The van der Waals surface area contributed by atoms with Crippen molar-refractivity contribution in [2.75, 3.05) is 24.5 Å². The summed E-state index contributed by atoms with van der Waals surface area (Å²) < 4.78 is 1.88. The summed E-state index contributed by atoms with van der Waals surface area (Å²) in [5.74, 6) is -0.728. The predicted octanol–water partition coefficient (Wildman–Crippen LogP) is 4.50. The molecule has 0 radical (unpaired) electrons. The van der Waals surface area contributed by atoms with Crippen LogP contribution in [0.5, 0.6) is 0 Å². The van der Waals surface area contributed by atoms with E-state index in [9.17, 15) is 19.2 Å². The number of aryl methyl sites for hydroxylation is 1. The summed E-state index contributed by atoms with van der Waals surface area (Å²) in [6.45, 7) is 4.12. The van der Waals surface area contributed by atoms with E-state index >= 15 is 0 Å². The maximum absolute atomic E-state index is 14.7. The van der Waals surface area contributed by atoms with Gasteiger partial charge >= 0.3 is 6.03 Å². The van der Waals surface area contributed by atoms with Crippen LogP contribution in [-0.4, -0.2) is 46.9 Å². The average Bonchev–Trinajstić information content (AvgIpc) is 3.01. The number of urea groups is 1. The zero-order chi connectivity index (χ0) is 29.7. The van der Waals surface area contributed by atoms with E-state index in [2.05, 4.69) is 10.2 Å². The average molecular weight is 575 g/mol. The molecular weight excluding hydrogens is 540 g/mol. The van der Waals surface area contributed by atoms with Gasteiger partial charge < -0.3 is 9.47 Å². The van der Waals surface area contributed by atoms with Crippen LogP contribution in [0.1, 0.15) is 36.1 Å². The largest absolute Gasteiger partial charge is 0.335 e. The van der Waals surface area contributed by atoms with Crippen molar-refractivity contribution in [1.29, 1.82) is 0 Å². The van der Waals surface area contributed by atoms with E-state index < -0.39 is 23.3 Å². The van der Waals surface area contributed by atoms with Gasteiger partial charge in [0.1, 0.15) is 5.41 Å². The van der Waals surface area contributed by atoms with Crippen molar-refractivity contribution in [3.63, 3.8) is 0 Å². The molecule has 218 valence electrons. The molecule has 43 heavy (non-hydrogen) atoms. The normalized spacial score (nSPS) is 23.7. The number of anilines is 1. The standard InChI is InChI=1S/C35H34N4O4/c1-2-23-13-15-28(16-14-23)39-33(42)35(32(41)36-34(39)43,18-26-9-5-8-25-7-3-4-10-29(25)26)22-37-19-24-17-27(21-37)30-11-6-12-31(40)38(30)20-24/h3-16,24,27H,2,17-22H2,1H3,(H,36,41,43)/t24-,27+,35?/m1/s1. The van der Waals surface area contributed by atoms with Crippen molar-refractivity contribution < 1.29 is 14.4 Å². The number of hydrogen-bond acceptors (Lipinski definition) is 5. The van der Waals surface area contributed by atoms with Crippen LogP contribution in [0.25, 0.3) is 10.8 Å². The lowest BCUT2D eigenvalue weighted by atomic mass is 9.75. The first-order chi connectivity index (χ1) is 20.9. The minimum Gasteiger partial charge on any atom is -0.312 e. The van der Waals surface area contributed by atoms with Gasteiger partial charge in [0.2, 0.25) is 5.91 Å². The number of piperidine rings is 1. The van der Waals surface area contributed by atoms with E-state index in [0.717, 1.165) is 45.3 Å². The zero-order valence-corrected chi connectivity index (χ0v) is 24.2. The first-order valence-electron chi connectivity index (χ1n) is 15.0. The van der Waals surface area contributed by atoms with Gasteiger partial charge in [0, 0.05) is 43.9 Å². The van der Waals surface area contributed by atoms with Crippen molar-refractivity contribution in [1.82, 2.24) is 14.8 Å². The predicted molar refractivity (Wildman–Crippen MR) is 165 cm³/mol. The Labute approximate surface area is 249 Å². The fraction of sp³-hybridized carbons (Fsp3) is 0.314. The summed E-state index contributed by atoms with van der Waals surface area (Å²) in [6, 6.07) is 25.9. The highest BCUT2D eigenvalue weighted by Gasteiger charge is 2.56. The third-order valence-electron chi connectivity index (χ3n) is 9.49. The Balaban J connectivity index is 1.30. The van der Waals surface area contributed by atoms with Crippen LogP contribution in [-0.2, 0) is 29.0 Å². The lowest BCUT2D eigenvalue weighted by molar-refractivity contribution is -0.144. The Bertz CT molecular complexity index is 1810. The van der Waals surface area contributed by atoms with Crippen LogP contribution < -0.4 is 15.8 Å². The van der Waals surface area contributed by atoms with E-state index in [0.29, 0.717) is 25.3 Å².